The van der Waals surface area contributed by atoms with Crippen LogP contribution < -0.4 is 0 Å². The van der Waals surface area contributed by atoms with Crippen LogP contribution in [-0.2, 0) is 17.1 Å². The highest BCUT2D eigenvalue weighted by Gasteiger charge is 2.24. The first-order valence-corrected chi connectivity index (χ1v) is 10.1. The molecule has 0 atom stereocenters. The Morgan fingerprint density at radius 1 is 1.18 bits per heavy atom. The average molecular weight is 319 g/mol. The lowest BCUT2D eigenvalue weighted by molar-refractivity contribution is -0.385. The minimum atomic E-state index is -2.03. The van der Waals surface area contributed by atoms with Crippen LogP contribution in [0.3, 0.4) is 0 Å². The Balaban J connectivity index is 2.05. The molecular formula is C16H18FNO3Si. The first-order valence-electron chi connectivity index (χ1n) is 6.98. The molecule has 0 unspecified atom stereocenters. The fourth-order valence-corrected chi connectivity index (χ4v) is 4.06. The topological polar surface area (TPSA) is 52.4 Å². The van der Waals surface area contributed by atoms with E-state index in [2.05, 4.69) is 13.1 Å². The maximum absolute atomic E-state index is 13.7. The predicted octanol–water partition coefficient (Wildman–Crippen LogP) is 4.24. The molecule has 0 aliphatic rings. The Labute approximate surface area is 129 Å². The molecule has 116 valence electrons. The number of benzene rings is 2. The second-order valence-corrected chi connectivity index (χ2v) is 9.91. The van der Waals surface area contributed by atoms with Crippen LogP contribution in [0.25, 0.3) is 0 Å². The first kappa shape index (κ1) is 16.3. The van der Waals surface area contributed by atoms with Crippen molar-refractivity contribution in [1.29, 1.82) is 0 Å². The van der Waals surface area contributed by atoms with Gasteiger partial charge in [0.05, 0.1) is 11.5 Å². The van der Waals surface area contributed by atoms with Crippen LogP contribution >= 0.6 is 0 Å². The molecule has 6 heteroatoms. The molecule has 2 aromatic carbocycles. The molecule has 2 rings (SSSR count). The minimum Gasteiger partial charge on any atom is -0.413 e. The summed E-state index contributed by atoms with van der Waals surface area (Å²) in [6.07, 6.45) is 0. The highest BCUT2D eigenvalue weighted by Crippen LogP contribution is 2.20. The molecule has 0 heterocycles. The highest BCUT2D eigenvalue weighted by atomic mass is 28.4. The van der Waals surface area contributed by atoms with Gasteiger partial charge in [-0.1, -0.05) is 30.3 Å². The van der Waals surface area contributed by atoms with Gasteiger partial charge >= 0.3 is 0 Å². The Morgan fingerprint density at radius 3 is 2.50 bits per heavy atom. The number of rotatable bonds is 6. The average Bonchev–Trinajstić information content (AvgIpc) is 2.46. The van der Waals surface area contributed by atoms with Crippen LogP contribution in [-0.4, -0.2) is 13.2 Å². The number of non-ortho nitro benzene ring substituents is 1. The van der Waals surface area contributed by atoms with Crippen molar-refractivity contribution in [2.24, 2.45) is 0 Å². The van der Waals surface area contributed by atoms with E-state index in [-0.39, 0.29) is 17.9 Å². The second-order valence-electron chi connectivity index (χ2n) is 5.74. The molecule has 0 bridgehead atoms. The van der Waals surface area contributed by atoms with Crippen LogP contribution in [0.15, 0.2) is 48.5 Å². The van der Waals surface area contributed by atoms with E-state index < -0.39 is 19.1 Å². The molecule has 0 aliphatic carbocycles. The van der Waals surface area contributed by atoms with Gasteiger partial charge in [0, 0.05) is 17.7 Å². The molecule has 0 saturated heterocycles. The van der Waals surface area contributed by atoms with E-state index in [0.29, 0.717) is 0 Å². The molecule has 2 aromatic rings. The van der Waals surface area contributed by atoms with E-state index in [1.165, 1.54) is 11.6 Å². The summed E-state index contributed by atoms with van der Waals surface area (Å²) in [5.74, 6) is -0.477. The summed E-state index contributed by atoms with van der Waals surface area (Å²) in [5.41, 5.74) is 1.28. The summed E-state index contributed by atoms with van der Waals surface area (Å²) in [4.78, 5) is 10.2. The molecule has 0 saturated carbocycles. The van der Waals surface area contributed by atoms with Gasteiger partial charge < -0.3 is 4.43 Å². The Hall–Kier alpha value is -2.05. The van der Waals surface area contributed by atoms with Crippen molar-refractivity contribution < 1.29 is 13.7 Å². The second kappa shape index (κ2) is 6.80. The van der Waals surface area contributed by atoms with Crippen molar-refractivity contribution in [2.75, 3.05) is 0 Å². The van der Waals surface area contributed by atoms with Gasteiger partial charge in [0.1, 0.15) is 5.82 Å². The summed E-state index contributed by atoms with van der Waals surface area (Å²) in [5, 5.41) is 10.8. The number of hydrogen-bond acceptors (Lipinski definition) is 3. The molecule has 22 heavy (non-hydrogen) atoms. The van der Waals surface area contributed by atoms with E-state index in [9.17, 15) is 14.5 Å². The predicted molar refractivity (Wildman–Crippen MR) is 85.5 cm³/mol. The van der Waals surface area contributed by atoms with Gasteiger partial charge in [-0.15, -0.1) is 0 Å². The van der Waals surface area contributed by atoms with Crippen LogP contribution in [0.4, 0.5) is 10.1 Å². The largest absolute Gasteiger partial charge is 0.413 e. The van der Waals surface area contributed by atoms with E-state index in [1.54, 1.807) is 0 Å². The van der Waals surface area contributed by atoms with Crippen LogP contribution in [0.1, 0.15) is 11.1 Å². The van der Waals surface area contributed by atoms with Gasteiger partial charge in [0.15, 0.2) is 8.32 Å². The minimum absolute atomic E-state index is 0.0551. The third-order valence-electron chi connectivity index (χ3n) is 3.33. The standard InChI is InChI=1S/C16H18FNO3Si/c1-22(2,12-13-6-4-3-5-7-13)21-11-14-10-15(18(19)20)8-9-16(14)17/h3-10H,11-12H2,1-2H3. The summed E-state index contributed by atoms with van der Waals surface area (Å²) in [7, 11) is -2.03. The summed E-state index contributed by atoms with van der Waals surface area (Å²) < 4.78 is 19.7. The number of nitrogens with zero attached hydrogens (tertiary/aromatic N) is 1. The van der Waals surface area contributed by atoms with Crippen molar-refractivity contribution in [3.8, 4) is 0 Å². The fraction of sp³-hybridized carbons (Fsp3) is 0.250. The summed E-state index contributed by atoms with van der Waals surface area (Å²) in [6, 6.07) is 14.3. The van der Waals surface area contributed by atoms with Crippen LogP contribution in [0, 0.1) is 15.9 Å². The molecule has 0 spiro atoms. The third kappa shape index (κ3) is 4.47. The zero-order chi connectivity index (χ0) is 16.2. The van der Waals surface area contributed by atoms with Crippen LogP contribution in [0.2, 0.25) is 13.1 Å². The molecule has 0 fully saturated rings. The number of hydrogen-bond donors (Lipinski definition) is 0. The lowest BCUT2D eigenvalue weighted by atomic mass is 10.2. The van der Waals surface area contributed by atoms with Gasteiger partial charge in [-0.3, -0.25) is 10.1 Å². The van der Waals surface area contributed by atoms with Gasteiger partial charge in [-0.05, 0) is 30.8 Å². The van der Waals surface area contributed by atoms with Gasteiger partial charge in [0.25, 0.3) is 5.69 Å². The van der Waals surface area contributed by atoms with E-state index in [1.807, 2.05) is 30.3 Å². The van der Waals surface area contributed by atoms with E-state index in [4.69, 9.17) is 4.43 Å². The fourth-order valence-electron chi connectivity index (χ4n) is 2.20. The normalized spacial score (nSPS) is 11.4. The lowest BCUT2D eigenvalue weighted by Gasteiger charge is -2.23. The highest BCUT2D eigenvalue weighted by molar-refractivity contribution is 6.70. The number of nitro benzene ring substituents is 1. The molecule has 0 amide bonds. The van der Waals surface area contributed by atoms with Gasteiger partial charge in [-0.2, -0.15) is 0 Å². The van der Waals surface area contributed by atoms with Crippen molar-refractivity contribution in [3.63, 3.8) is 0 Å². The maximum Gasteiger partial charge on any atom is 0.269 e. The van der Waals surface area contributed by atoms with E-state index >= 15 is 0 Å². The Bertz CT molecular complexity index is 662. The molecular weight excluding hydrogens is 301 g/mol. The molecule has 0 N–H and O–H groups in total. The molecule has 0 aromatic heterocycles. The summed E-state index contributed by atoms with van der Waals surface area (Å²) >= 11 is 0. The monoisotopic (exact) mass is 319 g/mol. The van der Waals surface area contributed by atoms with Crippen molar-refractivity contribution in [2.45, 2.75) is 25.7 Å². The molecule has 0 radical (unpaired) electrons. The van der Waals surface area contributed by atoms with Crippen molar-refractivity contribution >= 4 is 14.0 Å². The smallest absolute Gasteiger partial charge is 0.269 e. The Kier molecular flexibility index (Phi) is 5.05. The first-order chi connectivity index (χ1) is 10.4. The molecule has 4 nitrogen and oxygen atoms in total. The number of halogens is 1. The zero-order valence-corrected chi connectivity index (χ0v) is 13.6. The quantitative estimate of drug-likeness (QED) is 0.454. The summed E-state index contributed by atoms with van der Waals surface area (Å²) in [6.45, 7) is 4.16. The van der Waals surface area contributed by atoms with Gasteiger partial charge in [-0.25, -0.2) is 4.39 Å². The third-order valence-corrected chi connectivity index (χ3v) is 5.52. The maximum atomic E-state index is 13.7. The SMILES string of the molecule is C[Si](C)(Cc1ccccc1)OCc1cc([N+](=O)[O-])ccc1F. The number of nitro groups is 1. The Morgan fingerprint density at radius 2 is 1.86 bits per heavy atom. The van der Waals surface area contributed by atoms with Crippen molar-refractivity contribution in [1.82, 2.24) is 0 Å². The lowest BCUT2D eigenvalue weighted by Crippen LogP contribution is -2.33. The van der Waals surface area contributed by atoms with Crippen molar-refractivity contribution in [3.05, 3.63) is 75.6 Å². The molecule has 0 aliphatic heterocycles. The van der Waals surface area contributed by atoms with Gasteiger partial charge in [0.2, 0.25) is 0 Å². The van der Waals surface area contributed by atoms with Crippen LogP contribution in [0.5, 0.6) is 0 Å². The van der Waals surface area contributed by atoms with E-state index in [0.717, 1.165) is 18.2 Å². The zero-order valence-electron chi connectivity index (χ0n) is 12.6.